The van der Waals surface area contributed by atoms with Crippen LogP contribution in [0.5, 0.6) is 0 Å². The normalized spacial score (nSPS) is 19.6. The van der Waals surface area contributed by atoms with Crippen molar-refractivity contribution in [3.63, 3.8) is 0 Å². The maximum atomic E-state index is 9.68. The Kier molecular flexibility index (Phi) is 3.19. The van der Waals surface area contributed by atoms with Crippen molar-refractivity contribution in [3.05, 3.63) is 11.5 Å². The zero-order chi connectivity index (χ0) is 10.7. The van der Waals surface area contributed by atoms with Crippen LogP contribution in [0, 0.1) is 0 Å². The lowest BCUT2D eigenvalue weighted by Gasteiger charge is -2.09. The van der Waals surface area contributed by atoms with Crippen LogP contribution in [0.2, 0.25) is 0 Å². The first-order valence-corrected chi connectivity index (χ1v) is 4.51. The Labute approximate surface area is 87.6 Å². The maximum absolute atomic E-state index is 9.68. The van der Waals surface area contributed by atoms with Crippen LogP contribution in [0.3, 0.4) is 0 Å². The second-order valence-electron chi connectivity index (χ2n) is 2.97. The predicted molar refractivity (Wildman–Crippen MR) is 59.6 cm³/mol. The monoisotopic (exact) mass is 213 g/mol. The van der Waals surface area contributed by atoms with Gasteiger partial charge in [-0.2, -0.15) is 5.10 Å². The number of aliphatic hydroxyl groups is 1. The van der Waals surface area contributed by atoms with Crippen molar-refractivity contribution in [2.45, 2.75) is 13.3 Å². The van der Waals surface area contributed by atoms with E-state index < -0.39 is 0 Å². The summed E-state index contributed by atoms with van der Waals surface area (Å²) in [5.74, 6) is 0.166. The van der Waals surface area contributed by atoms with Crippen molar-refractivity contribution in [2.75, 3.05) is 7.05 Å². The van der Waals surface area contributed by atoms with Crippen LogP contribution < -0.4 is 11.2 Å². The van der Waals surface area contributed by atoms with Crippen molar-refractivity contribution in [1.29, 1.82) is 0 Å². The zero-order valence-electron chi connectivity index (χ0n) is 8.11. The minimum absolute atomic E-state index is 0.0851. The van der Waals surface area contributed by atoms with Gasteiger partial charge in [0.1, 0.15) is 12.8 Å². The summed E-state index contributed by atoms with van der Waals surface area (Å²) in [6.07, 6.45) is 2.46. The first-order chi connectivity index (χ1) is 6.52. The Hall–Kier alpha value is -1.43. The molecule has 0 atom stereocenters. The lowest BCUT2D eigenvalue weighted by atomic mass is 10.1. The molecule has 0 radical (unpaired) electrons. The van der Waals surface area contributed by atoms with Crippen LogP contribution in [0.15, 0.2) is 16.6 Å². The van der Waals surface area contributed by atoms with Gasteiger partial charge in [-0.25, -0.2) is 4.58 Å². The molecule has 1 heterocycles. The van der Waals surface area contributed by atoms with Crippen LogP contribution in [0.1, 0.15) is 13.3 Å². The molecule has 1 rings (SSSR count). The molecular weight excluding hydrogens is 200 g/mol. The van der Waals surface area contributed by atoms with Crippen LogP contribution in [-0.4, -0.2) is 33.8 Å². The van der Waals surface area contributed by atoms with Gasteiger partial charge in [-0.05, 0) is 12.2 Å². The van der Waals surface area contributed by atoms with Gasteiger partial charge in [0, 0.05) is 6.92 Å². The van der Waals surface area contributed by atoms with Gasteiger partial charge in [0.2, 0.25) is 11.5 Å². The molecule has 1 aliphatic rings. The van der Waals surface area contributed by atoms with Crippen LogP contribution >= 0.6 is 12.2 Å². The van der Waals surface area contributed by atoms with Crippen molar-refractivity contribution in [2.24, 2.45) is 10.8 Å². The fourth-order valence-electron chi connectivity index (χ4n) is 1.05. The van der Waals surface area contributed by atoms with Gasteiger partial charge in [0.15, 0.2) is 11.3 Å². The van der Waals surface area contributed by atoms with E-state index in [0.29, 0.717) is 12.1 Å². The molecule has 0 aromatic carbocycles. The first-order valence-electron chi connectivity index (χ1n) is 4.10. The molecule has 1 aliphatic heterocycles. The average molecular weight is 213 g/mol. The van der Waals surface area contributed by atoms with Gasteiger partial charge in [-0.15, -0.1) is 0 Å². The quantitative estimate of drug-likeness (QED) is 0.328. The molecule has 0 amide bonds. The molecule has 0 saturated carbocycles. The summed E-state index contributed by atoms with van der Waals surface area (Å²) in [7, 11) is 1.86. The highest BCUT2D eigenvalue weighted by atomic mass is 32.1. The maximum Gasteiger partial charge on any atom is 0.221 e. The third-order valence-electron chi connectivity index (χ3n) is 2.00. The predicted octanol–water partition coefficient (Wildman–Crippen LogP) is 0.0819. The minimum Gasteiger partial charge on any atom is -0.501 e. The largest absolute Gasteiger partial charge is 0.501 e. The van der Waals surface area contributed by atoms with E-state index in [1.54, 1.807) is 6.92 Å². The van der Waals surface area contributed by atoms with Gasteiger partial charge in [-0.1, -0.05) is 0 Å². The summed E-state index contributed by atoms with van der Waals surface area (Å²) in [6, 6.07) is 0. The van der Waals surface area contributed by atoms with E-state index in [1.165, 1.54) is 0 Å². The Morgan fingerprint density at radius 1 is 1.79 bits per heavy atom. The fourth-order valence-corrected chi connectivity index (χ4v) is 1.10. The molecule has 0 aromatic rings. The molecular formula is C8H13N4OS+. The molecule has 14 heavy (non-hydrogen) atoms. The third-order valence-corrected chi connectivity index (χ3v) is 2.10. The van der Waals surface area contributed by atoms with E-state index in [-0.39, 0.29) is 10.9 Å². The Morgan fingerprint density at radius 2 is 2.43 bits per heavy atom. The number of thiocarbonyl (C=S) groups is 1. The highest BCUT2D eigenvalue weighted by molar-refractivity contribution is 7.80. The number of nitrogens with zero attached hydrogens (tertiary/aromatic N) is 2. The Bertz CT molecular complexity index is 356. The Morgan fingerprint density at radius 3 is 3.00 bits per heavy atom. The van der Waals surface area contributed by atoms with Crippen LogP contribution in [0.4, 0.5) is 0 Å². The van der Waals surface area contributed by atoms with E-state index in [9.17, 15) is 5.11 Å². The molecule has 76 valence electrons. The number of hydrogen-bond donors (Lipinski definition) is 3. The Balaban J connectivity index is 2.87. The van der Waals surface area contributed by atoms with E-state index in [1.807, 2.05) is 17.8 Å². The molecule has 0 bridgehead atoms. The highest BCUT2D eigenvalue weighted by Crippen LogP contribution is 2.09. The summed E-state index contributed by atoms with van der Waals surface area (Å²) in [4.78, 5) is 0. The van der Waals surface area contributed by atoms with Crippen molar-refractivity contribution < 1.29 is 9.68 Å². The average Bonchev–Trinajstić information content (AvgIpc) is 2.13. The summed E-state index contributed by atoms with van der Waals surface area (Å²) < 4.78 is 1.84. The molecule has 0 aromatic heterocycles. The fraction of sp³-hybridized carbons (Fsp3) is 0.375. The van der Waals surface area contributed by atoms with Crippen molar-refractivity contribution in [1.82, 2.24) is 5.43 Å². The minimum atomic E-state index is 0.0851. The number of nitrogens with one attached hydrogen (secondary N) is 1. The standard InChI is InChI=1S/C8H12N4OS/c1-5-7(13)6(3-4-12(5)2)10-11-8(9)14/h4H,3H2,1-2H3,(H3-,9,11,13,14)/p+1. The van der Waals surface area contributed by atoms with Gasteiger partial charge < -0.3 is 10.8 Å². The molecule has 0 unspecified atom stereocenters. The summed E-state index contributed by atoms with van der Waals surface area (Å²) >= 11 is 4.60. The molecule has 0 fully saturated rings. The van der Waals surface area contributed by atoms with Crippen LogP contribution in [-0.2, 0) is 0 Å². The van der Waals surface area contributed by atoms with Crippen molar-refractivity contribution in [3.8, 4) is 0 Å². The summed E-state index contributed by atoms with van der Waals surface area (Å²) in [6.45, 7) is 1.81. The van der Waals surface area contributed by atoms with E-state index in [0.717, 1.165) is 5.70 Å². The SMILES string of the molecule is CC1=C(O)C(=NNC(N)=S)CC=[N+]1C. The molecule has 0 spiro atoms. The smallest absolute Gasteiger partial charge is 0.221 e. The summed E-state index contributed by atoms with van der Waals surface area (Å²) in [5, 5.41) is 13.7. The van der Waals surface area contributed by atoms with Gasteiger partial charge in [0.05, 0.1) is 6.42 Å². The molecule has 6 heteroatoms. The first kappa shape index (κ1) is 10.6. The number of rotatable bonds is 1. The number of hydrogen-bond acceptors (Lipinski definition) is 3. The number of aliphatic hydroxyl groups excluding tert-OH is 1. The highest BCUT2D eigenvalue weighted by Gasteiger charge is 2.21. The molecule has 5 nitrogen and oxygen atoms in total. The topological polar surface area (TPSA) is 73.7 Å². The van der Waals surface area contributed by atoms with Crippen molar-refractivity contribution >= 4 is 29.3 Å². The van der Waals surface area contributed by atoms with E-state index in [4.69, 9.17) is 5.73 Å². The second kappa shape index (κ2) is 4.19. The number of nitrogens with two attached hydrogens (primary N) is 1. The molecule has 4 N–H and O–H groups in total. The molecule has 0 aliphatic carbocycles. The number of hydrazone groups is 1. The van der Waals surface area contributed by atoms with Gasteiger partial charge >= 0.3 is 0 Å². The zero-order valence-corrected chi connectivity index (χ0v) is 8.93. The second-order valence-corrected chi connectivity index (χ2v) is 3.41. The lowest BCUT2D eigenvalue weighted by Crippen LogP contribution is -2.28. The van der Waals surface area contributed by atoms with Crippen LogP contribution in [0.25, 0.3) is 0 Å². The molecule has 0 saturated heterocycles. The van der Waals surface area contributed by atoms with Gasteiger partial charge in [-0.3, -0.25) is 5.43 Å². The third kappa shape index (κ3) is 2.29. The van der Waals surface area contributed by atoms with Gasteiger partial charge in [0.25, 0.3) is 0 Å². The van der Waals surface area contributed by atoms with E-state index in [2.05, 4.69) is 22.7 Å². The number of allylic oxidation sites excluding steroid dienone is 2. The van der Waals surface area contributed by atoms with E-state index >= 15 is 0 Å². The lowest BCUT2D eigenvalue weighted by molar-refractivity contribution is -0.442. The summed E-state index contributed by atoms with van der Waals surface area (Å²) in [5.41, 5.74) is 8.94.